The van der Waals surface area contributed by atoms with Crippen molar-refractivity contribution in [3.05, 3.63) is 36.0 Å². The number of rotatable bonds is 9. The topological polar surface area (TPSA) is 112 Å². The largest absolute Gasteiger partial charge is 0.459 e. The average Bonchev–Trinajstić information content (AvgIpc) is 3.11. The molecule has 9 atom stereocenters. The second-order valence-electron chi connectivity index (χ2n) is 10.6. The SMILES string of the molecule is C=C/C(C)=C\C[C@]1(C)[C@H](C)[C@@H](OC(=O)CCC)[C@H](O)[C@@]23C(=C[C@H](O)C[C@@H]12)[C@@H](OCC)O[C@H]3OC(C)=O. The maximum atomic E-state index is 12.7. The summed E-state index contributed by atoms with van der Waals surface area (Å²) in [5.41, 5.74) is -0.323. The number of allylic oxidation sites excluding steroid dienone is 3. The highest BCUT2D eigenvalue weighted by Crippen LogP contribution is 2.67. The molecule has 1 saturated heterocycles. The third-order valence-corrected chi connectivity index (χ3v) is 8.45. The van der Waals surface area contributed by atoms with Crippen LogP contribution in [-0.2, 0) is 28.5 Å². The van der Waals surface area contributed by atoms with Crippen LogP contribution >= 0.6 is 0 Å². The quantitative estimate of drug-likeness (QED) is 0.276. The molecule has 3 rings (SSSR count). The molecule has 8 heteroatoms. The van der Waals surface area contributed by atoms with Crippen LogP contribution in [0.4, 0.5) is 0 Å². The first-order valence-corrected chi connectivity index (χ1v) is 13.0. The Kier molecular flexibility index (Phi) is 8.87. The van der Waals surface area contributed by atoms with E-state index in [2.05, 4.69) is 19.6 Å². The maximum absolute atomic E-state index is 12.7. The fraction of sp³-hybridized carbons (Fsp3) is 0.714. The molecule has 1 heterocycles. The monoisotopic (exact) mass is 506 g/mol. The predicted molar refractivity (Wildman–Crippen MR) is 133 cm³/mol. The smallest absolute Gasteiger partial charge is 0.306 e. The highest BCUT2D eigenvalue weighted by atomic mass is 16.8. The standard InChI is InChI=1S/C28H42O8/c1-8-11-22(31)35-23-17(5)27(7,13-12-16(4)9-2)21-15-19(30)14-20-25(33-10-3)36-26(34-18(6)29)28(20,21)24(23)32/h9,12,14,17,19,21,23-26,30,32H,2,8,10-11,13,15H2,1,3-7H3/b16-12-/t17-,19+,21+,23-,24+,25+,26-,27-,28-/m1/s1. The second-order valence-corrected chi connectivity index (χ2v) is 10.6. The lowest BCUT2D eigenvalue weighted by Crippen LogP contribution is -2.68. The van der Waals surface area contributed by atoms with Crippen molar-refractivity contribution in [1.82, 2.24) is 0 Å². The van der Waals surface area contributed by atoms with E-state index < -0.39 is 53.7 Å². The third kappa shape index (κ3) is 4.80. The van der Waals surface area contributed by atoms with E-state index in [1.165, 1.54) is 6.92 Å². The zero-order valence-electron chi connectivity index (χ0n) is 22.4. The Morgan fingerprint density at radius 2 is 1.94 bits per heavy atom. The Balaban J connectivity index is 2.25. The molecule has 1 saturated carbocycles. The minimum Gasteiger partial charge on any atom is -0.459 e. The van der Waals surface area contributed by atoms with Crippen molar-refractivity contribution in [2.75, 3.05) is 6.61 Å². The lowest BCUT2D eigenvalue weighted by atomic mass is 9.44. The van der Waals surface area contributed by atoms with E-state index in [4.69, 9.17) is 18.9 Å². The molecule has 8 nitrogen and oxygen atoms in total. The van der Waals surface area contributed by atoms with Gasteiger partial charge in [0.1, 0.15) is 12.2 Å². The fourth-order valence-electron chi connectivity index (χ4n) is 6.44. The van der Waals surface area contributed by atoms with E-state index in [1.807, 2.05) is 27.7 Å². The fourth-order valence-corrected chi connectivity index (χ4v) is 6.44. The van der Waals surface area contributed by atoms with E-state index in [9.17, 15) is 19.8 Å². The molecule has 2 aliphatic carbocycles. The molecule has 3 aliphatic rings. The minimum absolute atomic E-state index is 0.228. The molecule has 0 unspecified atom stereocenters. The van der Waals surface area contributed by atoms with Gasteiger partial charge in [0.2, 0.25) is 6.29 Å². The van der Waals surface area contributed by atoms with Crippen LogP contribution in [0.2, 0.25) is 0 Å². The van der Waals surface area contributed by atoms with Gasteiger partial charge in [-0.1, -0.05) is 51.2 Å². The summed E-state index contributed by atoms with van der Waals surface area (Å²) in [6, 6.07) is 0. The van der Waals surface area contributed by atoms with Crippen molar-refractivity contribution in [3.8, 4) is 0 Å². The van der Waals surface area contributed by atoms with Gasteiger partial charge in [0, 0.05) is 25.9 Å². The molecule has 202 valence electrons. The molecule has 36 heavy (non-hydrogen) atoms. The molecule has 0 radical (unpaired) electrons. The Morgan fingerprint density at radius 1 is 1.25 bits per heavy atom. The predicted octanol–water partition coefficient (Wildman–Crippen LogP) is 3.81. The van der Waals surface area contributed by atoms with Crippen molar-refractivity contribution in [2.45, 2.75) is 98.1 Å². The van der Waals surface area contributed by atoms with Crippen LogP contribution in [0.5, 0.6) is 0 Å². The van der Waals surface area contributed by atoms with E-state index in [1.54, 1.807) is 12.2 Å². The first kappa shape index (κ1) is 28.6. The number of hydrogen-bond donors (Lipinski definition) is 2. The Morgan fingerprint density at radius 3 is 2.53 bits per heavy atom. The van der Waals surface area contributed by atoms with Gasteiger partial charge in [0.15, 0.2) is 6.29 Å². The van der Waals surface area contributed by atoms with Gasteiger partial charge in [0.05, 0.1) is 11.5 Å². The van der Waals surface area contributed by atoms with Crippen molar-refractivity contribution in [2.24, 2.45) is 22.7 Å². The van der Waals surface area contributed by atoms with Crippen LogP contribution in [0.3, 0.4) is 0 Å². The van der Waals surface area contributed by atoms with Gasteiger partial charge < -0.3 is 29.2 Å². The highest BCUT2D eigenvalue weighted by molar-refractivity contribution is 5.69. The van der Waals surface area contributed by atoms with Gasteiger partial charge in [-0.3, -0.25) is 9.59 Å². The van der Waals surface area contributed by atoms with Gasteiger partial charge in [-0.15, -0.1) is 0 Å². The van der Waals surface area contributed by atoms with Crippen LogP contribution in [0.25, 0.3) is 0 Å². The number of aliphatic hydroxyl groups is 2. The number of ether oxygens (including phenoxy) is 4. The summed E-state index contributed by atoms with van der Waals surface area (Å²) in [5.74, 6) is -1.62. The van der Waals surface area contributed by atoms with Crippen LogP contribution < -0.4 is 0 Å². The highest BCUT2D eigenvalue weighted by Gasteiger charge is 2.73. The molecule has 1 aliphatic heterocycles. The maximum Gasteiger partial charge on any atom is 0.306 e. The van der Waals surface area contributed by atoms with Crippen molar-refractivity contribution in [3.63, 3.8) is 0 Å². The molecule has 1 spiro atoms. The minimum atomic E-state index is -1.26. The summed E-state index contributed by atoms with van der Waals surface area (Å²) in [6.07, 6.45) is 2.20. The molecular formula is C28H42O8. The zero-order chi connectivity index (χ0) is 26.8. The first-order chi connectivity index (χ1) is 17.0. The van der Waals surface area contributed by atoms with Gasteiger partial charge in [0.25, 0.3) is 0 Å². The van der Waals surface area contributed by atoms with Crippen molar-refractivity contribution < 1.29 is 38.7 Å². The van der Waals surface area contributed by atoms with E-state index in [0.29, 0.717) is 31.4 Å². The first-order valence-electron chi connectivity index (χ1n) is 13.0. The summed E-state index contributed by atoms with van der Waals surface area (Å²) < 4.78 is 23.7. The van der Waals surface area contributed by atoms with Crippen LogP contribution in [-0.4, -0.2) is 59.7 Å². The molecule has 2 N–H and O–H groups in total. The van der Waals surface area contributed by atoms with Gasteiger partial charge in [-0.2, -0.15) is 0 Å². The summed E-state index contributed by atoms with van der Waals surface area (Å²) in [5, 5.41) is 23.0. The lowest BCUT2D eigenvalue weighted by molar-refractivity contribution is -0.277. The number of aliphatic hydroxyl groups excluding tert-OH is 2. The Hall–Kier alpha value is -2.00. The third-order valence-electron chi connectivity index (χ3n) is 8.45. The average molecular weight is 507 g/mol. The van der Waals surface area contributed by atoms with Crippen LogP contribution in [0.1, 0.15) is 67.2 Å². The van der Waals surface area contributed by atoms with Crippen LogP contribution in [0, 0.1) is 22.7 Å². The van der Waals surface area contributed by atoms with Crippen molar-refractivity contribution in [1.29, 1.82) is 0 Å². The number of carbonyl (C=O) groups excluding carboxylic acids is 2. The van der Waals surface area contributed by atoms with Crippen LogP contribution in [0.15, 0.2) is 36.0 Å². The van der Waals surface area contributed by atoms with Gasteiger partial charge in [-0.25, -0.2) is 0 Å². The van der Waals surface area contributed by atoms with Crippen molar-refractivity contribution >= 4 is 11.9 Å². The summed E-state index contributed by atoms with van der Waals surface area (Å²) in [6.45, 7) is 15.2. The number of carbonyl (C=O) groups is 2. The Bertz CT molecular complexity index is 909. The summed E-state index contributed by atoms with van der Waals surface area (Å²) >= 11 is 0. The summed E-state index contributed by atoms with van der Waals surface area (Å²) in [4.78, 5) is 24.9. The molecule has 0 aromatic heterocycles. The van der Waals surface area contributed by atoms with E-state index in [0.717, 1.165) is 5.57 Å². The summed E-state index contributed by atoms with van der Waals surface area (Å²) in [7, 11) is 0. The molecule has 0 aromatic carbocycles. The normalized spacial score (nSPS) is 40.1. The molecule has 0 bridgehead atoms. The van der Waals surface area contributed by atoms with Gasteiger partial charge >= 0.3 is 11.9 Å². The van der Waals surface area contributed by atoms with Gasteiger partial charge in [-0.05, 0) is 50.0 Å². The lowest BCUT2D eigenvalue weighted by Gasteiger charge is -2.62. The second kappa shape index (κ2) is 11.2. The number of hydrogen-bond acceptors (Lipinski definition) is 8. The number of esters is 2. The Labute approximate surface area is 214 Å². The molecule has 0 aromatic rings. The van der Waals surface area contributed by atoms with E-state index in [-0.39, 0.29) is 18.3 Å². The zero-order valence-corrected chi connectivity index (χ0v) is 22.4. The van der Waals surface area contributed by atoms with E-state index >= 15 is 0 Å². The molecular weight excluding hydrogens is 464 g/mol. The molecule has 2 fully saturated rings. The molecule has 0 amide bonds.